The number of hydrogen-bond acceptors (Lipinski definition) is 3. The molecule has 2 N–H and O–H groups in total. The number of nitrogens with zero attached hydrogens (tertiary/aromatic N) is 2. The van der Waals surface area contributed by atoms with Crippen LogP contribution >= 0.6 is 35.3 Å². The lowest BCUT2D eigenvalue weighted by Gasteiger charge is -2.32. The molecule has 1 saturated heterocycles. The Morgan fingerprint density at radius 1 is 1.41 bits per heavy atom. The zero-order valence-corrected chi connectivity index (χ0v) is 17.0. The normalized spacial score (nSPS) is 19.6. The minimum atomic E-state index is 0. The molecule has 0 amide bonds. The van der Waals surface area contributed by atoms with E-state index in [0.29, 0.717) is 0 Å². The van der Waals surface area contributed by atoms with E-state index in [9.17, 15) is 0 Å². The first kappa shape index (κ1) is 19.7. The highest BCUT2D eigenvalue weighted by molar-refractivity contribution is 14.0. The van der Waals surface area contributed by atoms with Gasteiger partial charge in [-0.15, -0.1) is 35.3 Å². The second-order valence-electron chi connectivity index (χ2n) is 5.72. The monoisotopic (exact) mass is 436 g/mol. The molecule has 0 spiro atoms. The first-order valence-corrected chi connectivity index (χ1v) is 8.75. The fourth-order valence-electron chi connectivity index (χ4n) is 2.82. The van der Waals surface area contributed by atoms with Gasteiger partial charge in [0.25, 0.3) is 0 Å². The van der Waals surface area contributed by atoms with E-state index in [1.807, 2.05) is 18.4 Å². The summed E-state index contributed by atoms with van der Waals surface area (Å²) < 4.78 is 0. The SMILES string of the molecule is CCN1CCCC(CNC(=NC)NCc2ccc(C)s2)C1.I. The average Bonchev–Trinajstić information content (AvgIpc) is 2.93. The number of rotatable bonds is 5. The van der Waals surface area contributed by atoms with Crippen molar-refractivity contribution in [3.63, 3.8) is 0 Å². The highest BCUT2D eigenvalue weighted by atomic mass is 127. The molecule has 2 rings (SSSR count). The van der Waals surface area contributed by atoms with Gasteiger partial charge in [0.2, 0.25) is 0 Å². The summed E-state index contributed by atoms with van der Waals surface area (Å²) in [6, 6.07) is 4.35. The van der Waals surface area contributed by atoms with Crippen LogP contribution in [0.25, 0.3) is 0 Å². The predicted octanol–water partition coefficient (Wildman–Crippen LogP) is 3.07. The molecule has 0 aromatic carbocycles. The maximum absolute atomic E-state index is 4.32. The third-order valence-corrected chi connectivity index (χ3v) is 5.06. The van der Waals surface area contributed by atoms with Crippen LogP contribution in [0.4, 0.5) is 0 Å². The van der Waals surface area contributed by atoms with Crippen LogP contribution in [0.15, 0.2) is 17.1 Å². The van der Waals surface area contributed by atoms with Gasteiger partial charge in [-0.25, -0.2) is 0 Å². The molecule has 1 atom stereocenters. The van der Waals surface area contributed by atoms with Crippen LogP contribution in [-0.2, 0) is 6.54 Å². The molecule has 0 radical (unpaired) electrons. The summed E-state index contributed by atoms with van der Waals surface area (Å²) in [4.78, 5) is 9.57. The Morgan fingerprint density at radius 2 is 2.23 bits per heavy atom. The maximum atomic E-state index is 4.32. The predicted molar refractivity (Wildman–Crippen MR) is 108 cm³/mol. The Labute approximate surface area is 155 Å². The number of hydrogen-bond donors (Lipinski definition) is 2. The van der Waals surface area contributed by atoms with Gasteiger partial charge < -0.3 is 15.5 Å². The first-order chi connectivity index (χ1) is 10.2. The van der Waals surface area contributed by atoms with E-state index >= 15 is 0 Å². The average molecular weight is 436 g/mol. The molecule has 6 heteroatoms. The first-order valence-electron chi connectivity index (χ1n) is 7.93. The van der Waals surface area contributed by atoms with Crippen molar-refractivity contribution in [2.75, 3.05) is 33.2 Å². The fraction of sp³-hybridized carbons (Fsp3) is 0.688. The smallest absolute Gasteiger partial charge is 0.191 e. The third-order valence-electron chi connectivity index (χ3n) is 4.06. The van der Waals surface area contributed by atoms with Gasteiger partial charge in [0.05, 0.1) is 6.54 Å². The largest absolute Gasteiger partial charge is 0.356 e. The lowest BCUT2D eigenvalue weighted by molar-refractivity contribution is 0.183. The molecule has 0 saturated carbocycles. The van der Waals surface area contributed by atoms with Crippen LogP contribution < -0.4 is 10.6 Å². The molecule has 22 heavy (non-hydrogen) atoms. The summed E-state index contributed by atoms with van der Waals surface area (Å²) in [7, 11) is 1.84. The maximum Gasteiger partial charge on any atom is 0.191 e. The molecule has 1 unspecified atom stereocenters. The van der Waals surface area contributed by atoms with Crippen LogP contribution in [0, 0.1) is 12.8 Å². The highest BCUT2D eigenvalue weighted by Gasteiger charge is 2.18. The van der Waals surface area contributed by atoms with E-state index in [0.717, 1.165) is 25.0 Å². The van der Waals surface area contributed by atoms with Crippen molar-refractivity contribution in [3.8, 4) is 0 Å². The quantitative estimate of drug-likeness (QED) is 0.424. The summed E-state index contributed by atoms with van der Waals surface area (Å²) >= 11 is 1.84. The van der Waals surface area contributed by atoms with E-state index in [1.165, 1.54) is 42.2 Å². The van der Waals surface area contributed by atoms with Gasteiger partial charge in [-0.05, 0) is 50.9 Å². The van der Waals surface area contributed by atoms with Crippen molar-refractivity contribution in [3.05, 3.63) is 21.9 Å². The molecule has 0 aliphatic carbocycles. The highest BCUT2D eigenvalue weighted by Crippen LogP contribution is 2.15. The van der Waals surface area contributed by atoms with Crippen molar-refractivity contribution in [2.24, 2.45) is 10.9 Å². The van der Waals surface area contributed by atoms with Crippen molar-refractivity contribution in [1.29, 1.82) is 0 Å². The van der Waals surface area contributed by atoms with Crippen LogP contribution in [0.2, 0.25) is 0 Å². The molecule has 126 valence electrons. The molecular weight excluding hydrogens is 407 g/mol. The van der Waals surface area contributed by atoms with Gasteiger partial charge in [-0.2, -0.15) is 0 Å². The van der Waals surface area contributed by atoms with Crippen LogP contribution in [0.5, 0.6) is 0 Å². The number of halogens is 1. The Hall–Kier alpha value is -0.340. The number of likely N-dealkylation sites (tertiary alicyclic amines) is 1. The Bertz CT molecular complexity index is 461. The summed E-state index contributed by atoms with van der Waals surface area (Å²) in [5, 5.41) is 6.88. The van der Waals surface area contributed by atoms with E-state index < -0.39 is 0 Å². The minimum absolute atomic E-state index is 0. The molecule has 1 aliphatic heterocycles. The number of aryl methyl sites for hydroxylation is 1. The molecule has 1 aromatic rings. The van der Waals surface area contributed by atoms with E-state index in [1.54, 1.807) is 0 Å². The Balaban J connectivity index is 0.00000242. The zero-order valence-electron chi connectivity index (χ0n) is 13.9. The zero-order chi connectivity index (χ0) is 15.1. The lowest BCUT2D eigenvalue weighted by Crippen LogP contribution is -2.44. The number of nitrogens with one attached hydrogen (secondary N) is 2. The Kier molecular flexibility index (Phi) is 9.35. The van der Waals surface area contributed by atoms with Gasteiger partial charge >= 0.3 is 0 Å². The molecule has 1 fully saturated rings. The van der Waals surface area contributed by atoms with Crippen molar-refractivity contribution < 1.29 is 0 Å². The van der Waals surface area contributed by atoms with E-state index in [-0.39, 0.29) is 24.0 Å². The van der Waals surface area contributed by atoms with Crippen LogP contribution in [0.1, 0.15) is 29.5 Å². The number of aliphatic imine (C=N–C) groups is 1. The summed E-state index contributed by atoms with van der Waals surface area (Å²) in [6.07, 6.45) is 2.64. The van der Waals surface area contributed by atoms with Crippen molar-refractivity contribution in [2.45, 2.75) is 33.2 Å². The molecule has 4 nitrogen and oxygen atoms in total. The summed E-state index contributed by atoms with van der Waals surface area (Å²) in [5.41, 5.74) is 0. The minimum Gasteiger partial charge on any atom is -0.356 e. The molecular formula is C16H29IN4S. The second kappa shape index (κ2) is 10.4. The van der Waals surface area contributed by atoms with E-state index in [4.69, 9.17) is 0 Å². The summed E-state index contributed by atoms with van der Waals surface area (Å²) in [5.74, 6) is 1.65. The number of piperidine rings is 1. The lowest BCUT2D eigenvalue weighted by atomic mass is 9.98. The molecule has 0 bridgehead atoms. The van der Waals surface area contributed by atoms with Crippen molar-refractivity contribution >= 4 is 41.3 Å². The second-order valence-corrected chi connectivity index (χ2v) is 7.09. The van der Waals surface area contributed by atoms with Gasteiger partial charge in [0.15, 0.2) is 5.96 Å². The molecule has 2 heterocycles. The Morgan fingerprint density at radius 3 is 2.86 bits per heavy atom. The molecule has 1 aromatic heterocycles. The van der Waals surface area contributed by atoms with Gasteiger partial charge in [-0.1, -0.05) is 6.92 Å². The van der Waals surface area contributed by atoms with Gasteiger partial charge in [0.1, 0.15) is 0 Å². The third kappa shape index (κ3) is 6.42. The van der Waals surface area contributed by atoms with Gasteiger partial charge in [-0.3, -0.25) is 4.99 Å². The topological polar surface area (TPSA) is 39.7 Å². The van der Waals surface area contributed by atoms with E-state index in [2.05, 4.69) is 46.5 Å². The number of guanidine groups is 1. The summed E-state index contributed by atoms with van der Waals surface area (Å²) in [6.45, 7) is 9.90. The van der Waals surface area contributed by atoms with Gasteiger partial charge in [0, 0.05) is 29.9 Å². The van der Waals surface area contributed by atoms with Crippen molar-refractivity contribution in [1.82, 2.24) is 15.5 Å². The fourth-order valence-corrected chi connectivity index (χ4v) is 3.65. The van der Waals surface area contributed by atoms with Crippen LogP contribution in [0.3, 0.4) is 0 Å². The standard InChI is InChI=1S/C16H28N4S.HI/c1-4-20-9-5-6-14(12-20)10-18-16(17-3)19-11-15-8-7-13(2)21-15;/h7-8,14H,4-6,9-12H2,1-3H3,(H2,17,18,19);1H. The number of thiophene rings is 1. The molecule has 1 aliphatic rings. The van der Waals surface area contributed by atoms with Crippen LogP contribution in [-0.4, -0.2) is 44.1 Å².